The molecule has 92 valence electrons. The molecule has 17 heavy (non-hydrogen) atoms. The molecule has 2 unspecified atom stereocenters. The molecule has 2 aliphatic rings. The second kappa shape index (κ2) is 4.88. The van der Waals surface area contributed by atoms with E-state index in [-0.39, 0.29) is 12.1 Å². The Bertz CT molecular complexity index is 395. The first-order valence-corrected chi connectivity index (χ1v) is 7.20. The average molecular weight is 250 g/mol. The van der Waals surface area contributed by atoms with Crippen LogP contribution in [0.4, 0.5) is 0 Å². The molecular formula is C13H18N2OS. The van der Waals surface area contributed by atoms with Crippen LogP contribution in [-0.4, -0.2) is 17.9 Å². The Labute approximate surface area is 106 Å². The van der Waals surface area contributed by atoms with Gasteiger partial charge >= 0.3 is 0 Å². The van der Waals surface area contributed by atoms with E-state index in [0.717, 1.165) is 23.8 Å². The van der Waals surface area contributed by atoms with Crippen LogP contribution in [-0.2, 0) is 0 Å². The SMILES string of the molecule is NNC(CC1CC1)C1CSc2ccccc2O1. The fourth-order valence-electron chi connectivity index (χ4n) is 2.27. The van der Waals surface area contributed by atoms with Gasteiger partial charge in [-0.1, -0.05) is 25.0 Å². The first-order valence-electron chi connectivity index (χ1n) is 6.21. The summed E-state index contributed by atoms with van der Waals surface area (Å²) in [5, 5.41) is 0. The molecule has 1 aliphatic carbocycles. The van der Waals surface area contributed by atoms with E-state index in [9.17, 15) is 0 Å². The third kappa shape index (κ3) is 2.59. The monoisotopic (exact) mass is 250 g/mol. The number of rotatable bonds is 4. The van der Waals surface area contributed by atoms with E-state index in [0.29, 0.717) is 0 Å². The van der Waals surface area contributed by atoms with Crippen molar-refractivity contribution < 1.29 is 4.74 Å². The van der Waals surface area contributed by atoms with Crippen LogP contribution in [0.1, 0.15) is 19.3 Å². The molecule has 3 rings (SSSR count). The summed E-state index contributed by atoms with van der Waals surface area (Å²) < 4.78 is 6.05. The maximum atomic E-state index is 6.05. The molecule has 0 amide bonds. The molecule has 3 N–H and O–H groups in total. The lowest BCUT2D eigenvalue weighted by molar-refractivity contribution is 0.157. The van der Waals surface area contributed by atoms with Crippen molar-refractivity contribution in [3.05, 3.63) is 24.3 Å². The summed E-state index contributed by atoms with van der Waals surface area (Å²) >= 11 is 1.87. The van der Waals surface area contributed by atoms with E-state index in [4.69, 9.17) is 10.6 Å². The van der Waals surface area contributed by atoms with Crippen LogP contribution in [0.25, 0.3) is 0 Å². The number of hydrazine groups is 1. The molecule has 3 nitrogen and oxygen atoms in total. The normalized spacial score (nSPS) is 24.9. The smallest absolute Gasteiger partial charge is 0.133 e. The van der Waals surface area contributed by atoms with Gasteiger partial charge in [-0.2, -0.15) is 0 Å². The van der Waals surface area contributed by atoms with Gasteiger partial charge in [0, 0.05) is 10.6 Å². The van der Waals surface area contributed by atoms with E-state index in [1.165, 1.54) is 17.7 Å². The number of para-hydroxylation sites is 1. The number of fused-ring (bicyclic) bond motifs is 1. The number of nitrogens with two attached hydrogens (primary N) is 1. The molecule has 1 aromatic rings. The molecule has 1 fully saturated rings. The lowest BCUT2D eigenvalue weighted by atomic mass is 10.1. The van der Waals surface area contributed by atoms with Gasteiger partial charge < -0.3 is 4.74 Å². The van der Waals surface area contributed by atoms with Gasteiger partial charge in [0.25, 0.3) is 0 Å². The number of thioether (sulfide) groups is 1. The van der Waals surface area contributed by atoms with Gasteiger partial charge in [-0.15, -0.1) is 11.8 Å². The molecule has 1 aliphatic heterocycles. The van der Waals surface area contributed by atoms with Crippen LogP contribution in [0, 0.1) is 5.92 Å². The quantitative estimate of drug-likeness (QED) is 0.635. The Morgan fingerprint density at radius 3 is 3.00 bits per heavy atom. The van der Waals surface area contributed by atoms with Gasteiger partial charge in [0.2, 0.25) is 0 Å². The molecule has 2 atom stereocenters. The van der Waals surface area contributed by atoms with E-state index in [1.807, 2.05) is 23.9 Å². The van der Waals surface area contributed by atoms with Crippen molar-refractivity contribution in [1.82, 2.24) is 5.43 Å². The maximum Gasteiger partial charge on any atom is 0.133 e. The second-order valence-electron chi connectivity index (χ2n) is 4.87. The maximum absolute atomic E-state index is 6.05. The predicted octanol–water partition coefficient (Wildman–Crippen LogP) is 2.17. The zero-order valence-corrected chi connectivity index (χ0v) is 10.6. The molecule has 0 saturated heterocycles. The lowest BCUT2D eigenvalue weighted by Gasteiger charge is -2.31. The van der Waals surface area contributed by atoms with Crippen LogP contribution in [0.15, 0.2) is 29.2 Å². The number of hydrogen-bond acceptors (Lipinski definition) is 4. The third-order valence-electron chi connectivity index (χ3n) is 3.48. The number of hydrogen-bond donors (Lipinski definition) is 2. The van der Waals surface area contributed by atoms with E-state index < -0.39 is 0 Å². The fraction of sp³-hybridized carbons (Fsp3) is 0.538. The Morgan fingerprint density at radius 2 is 2.24 bits per heavy atom. The van der Waals surface area contributed by atoms with Crippen molar-refractivity contribution in [2.45, 2.75) is 36.3 Å². The van der Waals surface area contributed by atoms with Crippen molar-refractivity contribution in [3.8, 4) is 5.75 Å². The van der Waals surface area contributed by atoms with E-state index >= 15 is 0 Å². The first-order chi connectivity index (χ1) is 8.36. The predicted molar refractivity (Wildman–Crippen MR) is 70.0 cm³/mol. The molecule has 0 bridgehead atoms. The van der Waals surface area contributed by atoms with Gasteiger partial charge in [-0.3, -0.25) is 11.3 Å². The molecule has 1 saturated carbocycles. The van der Waals surface area contributed by atoms with Crippen LogP contribution in [0.2, 0.25) is 0 Å². The number of benzene rings is 1. The lowest BCUT2D eigenvalue weighted by Crippen LogP contribution is -2.49. The van der Waals surface area contributed by atoms with Crippen molar-refractivity contribution in [1.29, 1.82) is 0 Å². The summed E-state index contributed by atoms with van der Waals surface area (Å²) in [4.78, 5) is 1.24. The highest BCUT2D eigenvalue weighted by molar-refractivity contribution is 7.99. The number of nitrogens with one attached hydrogen (secondary N) is 1. The van der Waals surface area contributed by atoms with Crippen LogP contribution in [0.5, 0.6) is 5.75 Å². The number of ether oxygens (including phenoxy) is 1. The molecule has 0 spiro atoms. The van der Waals surface area contributed by atoms with Gasteiger partial charge in [0.15, 0.2) is 0 Å². The van der Waals surface area contributed by atoms with Crippen LogP contribution >= 0.6 is 11.8 Å². The summed E-state index contributed by atoms with van der Waals surface area (Å²) in [6.45, 7) is 0. The zero-order chi connectivity index (χ0) is 11.7. The Hall–Kier alpha value is -0.710. The zero-order valence-electron chi connectivity index (χ0n) is 9.76. The van der Waals surface area contributed by atoms with Gasteiger partial charge in [0.05, 0.1) is 6.04 Å². The Morgan fingerprint density at radius 1 is 1.41 bits per heavy atom. The minimum absolute atomic E-state index is 0.195. The first kappa shape index (κ1) is 11.4. The second-order valence-corrected chi connectivity index (χ2v) is 5.93. The highest BCUT2D eigenvalue weighted by Gasteiger charge is 2.32. The molecular weight excluding hydrogens is 232 g/mol. The minimum atomic E-state index is 0.195. The third-order valence-corrected chi connectivity index (χ3v) is 4.62. The van der Waals surface area contributed by atoms with Crippen molar-refractivity contribution in [3.63, 3.8) is 0 Å². The van der Waals surface area contributed by atoms with Gasteiger partial charge in [-0.05, 0) is 24.5 Å². The standard InChI is InChI=1S/C13H18N2OS/c14-15-10(7-9-5-6-9)12-8-17-13-4-2-1-3-11(13)16-12/h1-4,9-10,12,15H,5-8,14H2. The fourth-order valence-corrected chi connectivity index (χ4v) is 3.35. The molecule has 1 heterocycles. The highest BCUT2D eigenvalue weighted by Crippen LogP contribution is 2.39. The Balaban J connectivity index is 1.69. The summed E-state index contributed by atoms with van der Waals surface area (Å²) in [6, 6.07) is 8.51. The summed E-state index contributed by atoms with van der Waals surface area (Å²) in [5.41, 5.74) is 2.94. The van der Waals surface area contributed by atoms with Gasteiger partial charge in [-0.25, -0.2) is 0 Å². The van der Waals surface area contributed by atoms with Crippen LogP contribution < -0.4 is 16.0 Å². The molecule has 4 heteroatoms. The van der Waals surface area contributed by atoms with Crippen molar-refractivity contribution >= 4 is 11.8 Å². The largest absolute Gasteiger partial charge is 0.487 e. The van der Waals surface area contributed by atoms with E-state index in [2.05, 4.69) is 17.6 Å². The van der Waals surface area contributed by atoms with E-state index in [1.54, 1.807) is 0 Å². The van der Waals surface area contributed by atoms with Crippen molar-refractivity contribution in [2.24, 2.45) is 11.8 Å². The molecule has 1 aromatic carbocycles. The average Bonchev–Trinajstić information content (AvgIpc) is 3.19. The minimum Gasteiger partial charge on any atom is -0.487 e. The topological polar surface area (TPSA) is 47.3 Å². The van der Waals surface area contributed by atoms with Gasteiger partial charge in [0.1, 0.15) is 11.9 Å². The molecule has 0 aromatic heterocycles. The summed E-state index contributed by atoms with van der Waals surface area (Å²) in [5.74, 6) is 8.51. The molecule has 0 radical (unpaired) electrons. The highest BCUT2D eigenvalue weighted by atomic mass is 32.2. The van der Waals surface area contributed by atoms with Crippen molar-refractivity contribution in [2.75, 3.05) is 5.75 Å². The summed E-state index contributed by atoms with van der Waals surface area (Å²) in [7, 11) is 0. The Kier molecular flexibility index (Phi) is 3.27. The van der Waals surface area contributed by atoms with Crippen LogP contribution in [0.3, 0.4) is 0 Å². The summed E-state index contributed by atoms with van der Waals surface area (Å²) in [6.07, 6.45) is 4.05.